The lowest BCUT2D eigenvalue weighted by Crippen LogP contribution is -2.39. The first-order chi connectivity index (χ1) is 9.42. The highest BCUT2D eigenvalue weighted by molar-refractivity contribution is 5.94. The van der Waals surface area contributed by atoms with Gasteiger partial charge in [0.15, 0.2) is 0 Å². The van der Waals surface area contributed by atoms with Crippen molar-refractivity contribution in [1.29, 1.82) is 0 Å². The fraction of sp³-hybridized carbons (Fsp3) is 0.615. The van der Waals surface area contributed by atoms with Gasteiger partial charge in [0.25, 0.3) is 11.5 Å². The Labute approximate surface area is 117 Å². The van der Waals surface area contributed by atoms with Gasteiger partial charge in [-0.15, -0.1) is 0 Å². The number of rotatable bonds is 6. The molecule has 7 nitrogen and oxygen atoms in total. The normalized spacial score (nSPS) is 10.9. The summed E-state index contributed by atoms with van der Waals surface area (Å²) in [5.41, 5.74) is -0.188. The first-order valence-electron chi connectivity index (χ1n) is 6.54. The predicted octanol–water partition coefficient (Wildman–Crippen LogP) is -0.371. The number of carbonyl (C=O) groups excluding carboxylic acids is 1. The molecule has 1 amide bonds. The van der Waals surface area contributed by atoms with Crippen molar-refractivity contribution >= 4 is 5.91 Å². The van der Waals surface area contributed by atoms with Gasteiger partial charge in [0.05, 0.1) is 18.9 Å². The fourth-order valence-electron chi connectivity index (χ4n) is 1.85. The third-order valence-electron chi connectivity index (χ3n) is 2.91. The smallest absolute Gasteiger partial charge is 0.264 e. The van der Waals surface area contributed by atoms with Crippen LogP contribution in [-0.4, -0.2) is 57.3 Å². The van der Waals surface area contributed by atoms with Crippen LogP contribution in [0, 0.1) is 6.92 Å². The van der Waals surface area contributed by atoms with Crippen LogP contribution in [0.2, 0.25) is 0 Å². The minimum absolute atomic E-state index is 0.0451. The third kappa shape index (κ3) is 3.64. The topological polar surface area (TPSA) is 107 Å². The van der Waals surface area contributed by atoms with Crippen molar-refractivity contribution in [1.82, 2.24) is 14.9 Å². The Morgan fingerprint density at radius 2 is 1.85 bits per heavy atom. The number of amides is 1. The monoisotopic (exact) mass is 283 g/mol. The molecule has 1 heterocycles. The van der Waals surface area contributed by atoms with Gasteiger partial charge < -0.3 is 20.1 Å². The molecule has 1 aromatic rings. The van der Waals surface area contributed by atoms with Crippen molar-refractivity contribution in [2.24, 2.45) is 0 Å². The van der Waals surface area contributed by atoms with Crippen LogP contribution in [0.15, 0.2) is 4.79 Å². The van der Waals surface area contributed by atoms with Gasteiger partial charge in [0.1, 0.15) is 11.4 Å². The Bertz CT molecular complexity index is 519. The zero-order valence-electron chi connectivity index (χ0n) is 12.0. The summed E-state index contributed by atoms with van der Waals surface area (Å²) >= 11 is 0. The van der Waals surface area contributed by atoms with Crippen LogP contribution in [0.25, 0.3) is 0 Å². The molecule has 7 heteroatoms. The van der Waals surface area contributed by atoms with Gasteiger partial charge in [0, 0.05) is 19.0 Å². The van der Waals surface area contributed by atoms with E-state index in [2.05, 4.69) is 9.97 Å². The average molecular weight is 283 g/mol. The molecule has 0 unspecified atom stereocenters. The van der Waals surface area contributed by atoms with E-state index >= 15 is 0 Å². The molecule has 3 N–H and O–H groups in total. The first kappa shape index (κ1) is 16.3. The van der Waals surface area contributed by atoms with Crippen LogP contribution in [0.4, 0.5) is 0 Å². The van der Waals surface area contributed by atoms with Crippen molar-refractivity contribution in [2.75, 3.05) is 26.3 Å². The minimum Gasteiger partial charge on any atom is -0.395 e. The van der Waals surface area contributed by atoms with Crippen LogP contribution < -0.4 is 5.56 Å². The van der Waals surface area contributed by atoms with E-state index in [4.69, 9.17) is 10.2 Å². The highest BCUT2D eigenvalue weighted by Gasteiger charge is 2.22. The highest BCUT2D eigenvalue weighted by Crippen LogP contribution is 2.10. The van der Waals surface area contributed by atoms with Gasteiger partial charge in [-0.25, -0.2) is 4.98 Å². The molecule has 0 aliphatic carbocycles. The molecule has 0 saturated heterocycles. The maximum absolute atomic E-state index is 12.3. The van der Waals surface area contributed by atoms with Gasteiger partial charge >= 0.3 is 0 Å². The van der Waals surface area contributed by atoms with E-state index in [0.717, 1.165) is 0 Å². The number of H-pyrrole nitrogens is 1. The number of hydrogen-bond acceptors (Lipinski definition) is 5. The molecule has 1 rings (SSSR count). The second-order valence-corrected chi connectivity index (χ2v) is 4.81. The number of aromatic amines is 1. The van der Waals surface area contributed by atoms with E-state index in [1.165, 1.54) is 4.90 Å². The number of nitrogens with one attached hydrogen (secondary N) is 1. The van der Waals surface area contributed by atoms with E-state index in [1.54, 1.807) is 6.92 Å². The molecule has 0 fully saturated rings. The Kier molecular flexibility index (Phi) is 5.84. The SMILES string of the molecule is Cc1nc(C(C)C)[nH]c(=O)c1C(=O)N(CCO)CCO. The zero-order chi connectivity index (χ0) is 15.3. The van der Waals surface area contributed by atoms with Crippen LogP contribution in [0.3, 0.4) is 0 Å². The summed E-state index contributed by atoms with van der Waals surface area (Å²) in [5, 5.41) is 17.9. The van der Waals surface area contributed by atoms with E-state index in [0.29, 0.717) is 11.5 Å². The molecule has 0 radical (unpaired) electrons. The number of aromatic nitrogens is 2. The van der Waals surface area contributed by atoms with E-state index < -0.39 is 11.5 Å². The van der Waals surface area contributed by atoms with Crippen molar-refractivity contribution in [3.05, 3.63) is 27.4 Å². The molecule has 0 spiro atoms. The van der Waals surface area contributed by atoms with Crippen LogP contribution in [0.5, 0.6) is 0 Å². The molecular formula is C13H21N3O4. The number of aryl methyl sites for hydroxylation is 1. The highest BCUT2D eigenvalue weighted by atomic mass is 16.3. The lowest BCUT2D eigenvalue weighted by molar-refractivity contribution is 0.0681. The lowest BCUT2D eigenvalue weighted by atomic mass is 10.1. The molecule has 0 aliphatic rings. The van der Waals surface area contributed by atoms with Crippen LogP contribution in [-0.2, 0) is 0 Å². The average Bonchev–Trinajstić information content (AvgIpc) is 2.37. The number of aliphatic hydroxyl groups is 2. The second kappa shape index (κ2) is 7.16. The lowest BCUT2D eigenvalue weighted by Gasteiger charge is -2.21. The number of nitrogens with zero attached hydrogens (tertiary/aromatic N) is 2. The second-order valence-electron chi connectivity index (χ2n) is 4.81. The Morgan fingerprint density at radius 1 is 1.30 bits per heavy atom. The molecule has 0 aromatic carbocycles. The molecule has 0 aliphatic heterocycles. The Morgan fingerprint density at radius 3 is 2.25 bits per heavy atom. The van der Waals surface area contributed by atoms with Crippen molar-refractivity contribution < 1.29 is 15.0 Å². The molecule has 0 bridgehead atoms. The number of aliphatic hydroxyl groups excluding tert-OH is 2. The summed E-state index contributed by atoms with van der Waals surface area (Å²) in [6.45, 7) is 5.03. The van der Waals surface area contributed by atoms with Crippen molar-refractivity contribution in [3.8, 4) is 0 Å². The molecule has 112 valence electrons. The van der Waals surface area contributed by atoms with Gasteiger partial charge in [-0.1, -0.05) is 13.8 Å². The molecule has 0 saturated carbocycles. The minimum atomic E-state index is -0.533. The number of carbonyl (C=O) groups is 1. The van der Waals surface area contributed by atoms with Gasteiger partial charge in [-0.05, 0) is 6.92 Å². The third-order valence-corrected chi connectivity index (χ3v) is 2.91. The van der Waals surface area contributed by atoms with E-state index in [9.17, 15) is 9.59 Å². The predicted molar refractivity (Wildman–Crippen MR) is 73.8 cm³/mol. The molecule has 1 aromatic heterocycles. The largest absolute Gasteiger partial charge is 0.395 e. The van der Waals surface area contributed by atoms with E-state index in [1.807, 2.05) is 13.8 Å². The van der Waals surface area contributed by atoms with Crippen LogP contribution >= 0.6 is 0 Å². The Balaban J connectivity index is 3.18. The number of hydrogen-bond donors (Lipinski definition) is 3. The first-order valence-corrected chi connectivity index (χ1v) is 6.54. The molecule has 0 atom stereocenters. The Hall–Kier alpha value is -1.73. The maximum atomic E-state index is 12.3. The fourth-order valence-corrected chi connectivity index (χ4v) is 1.85. The van der Waals surface area contributed by atoms with Crippen molar-refractivity contribution in [3.63, 3.8) is 0 Å². The van der Waals surface area contributed by atoms with E-state index in [-0.39, 0.29) is 37.8 Å². The summed E-state index contributed by atoms with van der Waals surface area (Å²) in [7, 11) is 0. The quantitative estimate of drug-likeness (QED) is 0.660. The standard InChI is InChI=1S/C13H21N3O4/c1-8(2)11-14-9(3)10(12(19)15-11)13(20)16(4-6-17)5-7-18/h8,17-18H,4-7H2,1-3H3,(H,14,15,19). The molecular weight excluding hydrogens is 262 g/mol. The van der Waals surface area contributed by atoms with Gasteiger partial charge in [-0.2, -0.15) is 0 Å². The van der Waals surface area contributed by atoms with Gasteiger partial charge in [0.2, 0.25) is 0 Å². The zero-order valence-corrected chi connectivity index (χ0v) is 12.0. The summed E-state index contributed by atoms with van der Waals surface area (Å²) in [4.78, 5) is 32.4. The maximum Gasteiger partial charge on any atom is 0.264 e. The van der Waals surface area contributed by atoms with Crippen molar-refractivity contribution in [2.45, 2.75) is 26.7 Å². The molecule has 20 heavy (non-hydrogen) atoms. The summed E-state index contributed by atoms with van der Waals surface area (Å²) in [6, 6.07) is 0. The summed E-state index contributed by atoms with van der Waals surface area (Å²) in [6.07, 6.45) is 0. The summed E-state index contributed by atoms with van der Waals surface area (Å²) in [5.74, 6) is 0.0473. The van der Waals surface area contributed by atoms with Crippen LogP contribution in [0.1, 0.15) is 41.6 Å². The van der Waals surface area contributed by atoms with Gasteiger partial charge in [-0.3, -0.25) is 9.59 Å². The summed E-state index contributed by atoms with van der Waals surface area (Å²) < 4.78 is 0.